The predicted molar refractivity (Wildman–Crippen MR) is 123 cm³/mol. The third-order valence-electron chi connectivity index (χ3n) is 9.25. The van der Waals surface area contributed by atoms with Crippen molar-refractivity contribution in [2.24, 2.45) is 29.1 Å². The molecule has 31 heavy (non-hydrogen) atoms. The van der Waals surface area contributed by atoms with Crippen LogP contribution in [0.15, 0.2) is 22.8 Å². The summed E-state index contributed by atoms with van der Waals surface area (Å²) in [7, 11) is 0. The van der Waals surface area contributed by atoms with Crippen LogP contribution < -0.4 is 0 Å². The van der Waals surface area contributed by atoms with Crippen LogP contribution in [0.3, 0.4) is 0 Å². The van der Waals surface area contributed by atoms with Gasteiger partial charge in [0.1, 0.15) is 12.7 Å². The number of aliphatic hydroxyl groups is 2. The van der Waals surface area contributed by atoms with E-state index >= 15 is 0 Å². The molecule has 0 spiro atoms. The molecule has 0 saturated heterocycles. The Morgan fingerprint density at radius 2 is 1.87 bits per heavy atom. The Morgan fingerprint density at radius 1 is 1.06 bits per heavy atom. The highest BCUT2D eigenvalue weighted by molar-refractivity contribution is 5.32. The Morgan fingerprint density at radius 3 is 2.65 bits per heavy atom. The molecule has 4 aliphatic rings. The van der Waals surface area contributed by atoms with E-state index in [0.717, 1.165) is 43.6 Å². The third kappa shape index (κ3) is 4.69. The van der Waals surface area contributed by atoms with Crippen LogP contribution in [0, 0.1) is 29.1 Å². The summed E-state index contributed by atoms with van der Waals surface area (Å²) in [5.41, 5.74) is 4.26. The van der Waals surface area contributed by atoms with E-state index in [1.54, 1.807) is 5.57 Å². The number of hydrogen-bond donors (Lipinski definition) is 2. The number of allylic oxidation sites excluding steroid dienone is 1. The van der Waals surface area contributed by atoms with Crippen LogP contribution in [0.5, 0.6) is 0 Å². The van der Waals surface area contributed by atoms with Crippen LogP contribution in [0.2, 0.25) is 0 Å². The quantitative estimate of drug-likeness (QED) is 0.415. The van der Waals surface area contributed by atoms with Crippen molar-refractivity contribution in [3.63, 3.8) is 0 Å². The Labute approximate surface area is 189 Å². The minimum Gasteiger partial charge on any atom is -0.393 e. The zero-order valence-electron chi connectivity index (χ0n) is 20.1. The predicted octanol–water partition coefficient (Wildman–Crippen LogP) is 5.73. The van der Waals surface area contributed by atoms with Crippen molar-refractivity contribution in [3.8, 4) is 0 Å². The number of rotatable bonds is 6. The van der Waals surface area contributed by atoms with Crippen molar-refractivity contribution in [2.45, 2.75) is 110 Å². The van der Waals surface area contributed by atoms with E-state index in [1.165, 1.54) is 37.7 Å². The smallest absolute Gasteiger partial charge is 0.133 e. The normalized spacial score (nSPS) is 39.5. The third-order valence-corrected chi connectivity index (χ3v) is 9.25. The summed E-state index contributed by atoms with van der Waals surface area (Å²) in [5.74, 6) is 2.36. The van der Waals surface area contributed by atoms with E-state index in [1.807, 2.05) is 0 Å². The zero-order valence-corrected chi connectivity index (χ0v) is 20.1. The van der Waals surface area contributed by atoms with Crippen LogP contribution in [0.1, 0.15) is 91.9 Å². The number of hydrogen-bond acceptors (Lipinski definition) is 4. The van der Waals surface area contributed by atoms with E-state index in [0.29, 0.717) is 29.8 Å². The second kappa shape index (κ2) is 9.67. The van der Waals surface area contributed by atoms with Crippen LogP contribution in [-0.4, -0.2) is 35.1 Å². The second-order valence-electron chi connectivity index (χ2n) is 11.4. The highest BCUT2D eigenvalue weighted by Crippen LogP contribution is 2.60. The molecular formula is C27H44O4. The molecule has 1 heterocycles. The van der Waals surface area contributed by atoms with Gasteiger partial charge in [-0.1, -0.05) is 33.3 Å². The van der Waals surface area contributed by atoms with Crippen LogP contribution >= 0.6 is 0 Å². The molecule has 2 saturated carbocycles. The van der Waals surface area contributed by atoms with Crippen molar-refractivity contribution in [3.05, 3.63) is 22.8 Å². The average molecular weight is 433 g/mol. The molecule has 4 rings (SSSR count). The van der Waals surface area contributed by atoms with E-state index in [-0.39, 0.29) is 18.3 Å². The molecule has 0 aromatic heterocycles. The van der Waals surface area contributed by atoms with Gasteiger partial charge in [0.05, 0.1) is 12.2 Å². The maximum Gasteiger partial charge on any atom is 0.133 e. The van der Waals surface area contributed by atoms with Gasteiger partial charge in [-0.2, -0.15) is 0 Å². The molecule has 7 atom stereocenters. The minimum absolute atomic E-state index is 0.117. The average Bonchev–Trinajstić information content (AvgIpc) is 3.10. The van der Waals surface area contributed by atoms with Gasteiger partial charge in [0.15, 0.2) is 0 Å². The molecule has 4 nitrogen and oxygen atoms in total. The Kier molecular flexibility index (Phi) is 7.32. The molecule has 0 unspecified atom stereocenters. The summed E-state index contributed by atoms with van der Waals surface area (Å²) in [6.07, 6.45) is 12.9. The summed E-state index contributed by atoms with van der Waals surface area (Å²) in [6.45, 7) is 9.60. The van der Waals surface area contributed by atoms with Crippen LogP contribution in [0.25, 0.3) is 0 Å². The Balaban J connectivity index is 1.49. The van der Waals surface area contributed by atoms with Crippen molar-refractivity contribution in [2.75, 3.05) is 6.61 Å². The lowest BCUT2D eigenvalue weighted by molar-refractivity contribution is -0.311. The van der Waals surface area contributed by atoms with E-state index in [2.05, 4.69) is 33.8 Å². The van der Waals surface area contributed by atoms with Gasteiger partial charge in [0.2, 0.25) is 0 Å². The van der Waals surface area contributed by atoms with Gasteiger partial charge < -0.3 is 10.2 Å². The van der Waals surface area contributed by atoms with Gasteiger partial charge in [0, 0.05) is 0 Å². The van der Waals surface area contributed by atoms with E-state index in [9.17, 15) is 10.2 Å². The monoisotopic (exact) mass is 432 g/mol. The van der Waals surface area contributed by atoms with Crippen molar-refractivity contribution in [1.29, 1.82) is 0 Å². The molecule has 0 bridgehead atoms. The fraction of sp³-hybridized carbons (Fsp3) is 0.852. The molecule has 3 aliphatic carbocycles. The fourth-order valence-electron chi connectivity index (χ4n) is 7.28. The SMILES string of the molecule is CC(C)[C@H](O)CC[C@@H](C)[C@H]1CC[C@@H]2/C(=C/[C@@H]3OOCC4=C3CCC[C@@H]4O)CCC[C@@]21C. The van der Waals surface area contributed by atoms with E-state index < -0.39 is 0 Å². The minimum atomic E-state index is -0.358. The van der Waals surface area contributed by atoms with Crippen molar-refractivity contribution < 1.29 is 20.0 Å². The van der Waals surface area contributed by atoms with E-state index in [4.69, 9.17) is 9.78 Å². The largest absolute Gasteiger partial charge is 0.393 e. The first-order valence-electron chi connectivity index (χ1n) is 12.9. The first-order chi connectivity index (χ1) is 14.8. The molecule has 4 heteroatoms. The molecule has 0 radical (unpaired) electrons. The van der Waals surface area contributed by atoms with Gasteiger partial charge >= 0.3 is 0 Å². The van der Waals surface area contributed by atoms with Crippen LogP contribution in [0.4, 0.5) is 0 Å². The first kappa shape index (κ1) is 23.5. The Bertz CT molecular complexity index is 695. The maximum absolute atomic E-state index is 10.4. The number of aliphatic hydroxyl groups excluding tert-OH is 2. The lowest BCUT2D eigenvalue weighted by atomic mass is 9.60. The number of fused-ring (bicyclic) bond motifs is 1. The maximum atomic E-state index is 10.4. The van der Waals surface area contributed by atoms with Gasteiger partial charge in [-0.15, -0.1) is 0 Å². The lowest BCUT2D eigenvalue weighted by Crippen LogP contribution is -2.37. The fourth-order valence-corrected chi connectivity index (χ4v) is 7.28. The molecule has 0 aromatic carbocycles. The summed E-state index contributed by atoms with van der Waals surface area (Å²) in [5, 5.41) is 20.7. The lowest BCUT2D eigenvalue weighted by Gasteiger charge is -2.45. The molecule has 1 aliphatic heterocycles. The molecule has 0 amide bonds. The highest BCUT2D eigenvalue weighted by Gasteiger charge is 2.51. The second-order valence-corrected chi connectivity index (χ2v) is 11.4. The summed E-state index contributed by atoms with van der Waals surface area (Å²) < 4.78 is 0. The Hall–Kier alpha value is -0.680. The molecule has 2 fully saturated rings. The van der Waals surface area contributed by atoms with Crippen LogP contribution in [-0.2, 0) is 9.78 Å². The topological polar surface area (TPSA) is 58.9 Å². The van der Waals surface area contributed by atoms with Gasteiger partial charge in [0.25, 0.3) is 0 Å². The van der Waals surface area contributed by atoms with Crippen molar-refractivity contribution in [1.82, 2.24) is 0 Å². The standard InChI is InChI=1S/C27H44O4/c1-17(2)24(28)13-10-18(3)22-11-12-23-19(7-6-14-27(22,23)4)15-26-20-8-5-9-25(29)21(20)16-30-31-26/h15,17-18,22-26,28-29H,5-14,16H2,1-4H3/b19-15+/t18-,22-,23-,24-,25+,26+,27-/m1/s1. The molecular weight excluding hydrogens is 388 g/mol. The molecule has 0 aromatic rings. The first-order valence-corrected chi connectivity index (χ1v) is 12.9. The van der Waals surface area contributed by atoms with Gasteiger partial charge in [-0.25, -0.2) is 9.78 Å². The summed E-state index contributed by atoms with van der Waals surface area (Å²) >= 11 is 0. The van der Waals surface area contributed by atoms with Gasteiger partial charge in [-0.05, 0) is 111 Å². The summed E-state index contributed by atoms with van der Waals surface area (Å²) in [4.78, 5) is 11.2. The molecule has 2 N–H and O–H groups in total. The molecule has 176 valence electrons. The van der Waals surface area contributed by atoms with Crippen molar-refractivity contribution >= 4 is 0 Å². The highest BCUT2D eigenvalue weighted by atomic mass is 17.2. The summed E-state index contributed by atoms with van der Waals surface area (Å²) in [6, 6.07) is 0. The zero-order chi connectivity index (χ0) is 22.2. The van der Waals surface area contributed by atoms with Gasteiger partial charge in [-0.3, -0.25) is 0 Å².